The summed E-state index contributed by atoms with van der Waals surface area (Å²) < 4.78 is 11.8. The molecular weight excluding hydrogens is 352 g/mol. The van der Waals surface area contributed by atoms with Crippen LogP contribution in [-0.2, 0) is 22.5 Å². The fraction of sp³-hybridized carbons (Fsp3) is 0.455. The third-order valence-corrected chi connectivity index (χ3v) is 5.29. The monoisotopic (exact) mass is 378 g/mol. The molecule has 1 unspecified atom stereocenters. The van der Waals surface area contributed by atoms with Gasteiger partial charge in [-0.1, -0.05) is 18.2 Å². The summed E-state index contributed by atoms with van der Waals surface area (Å²) >= 11 is 0. The van der Waals surface area contributed by atoms with Crippen LogP contribution in [0.5, 0.6) is 0 Å². The second kappa shape index (κ2) is 7.78. The number of rotatable bonds is 5. The van der Waals surface area contributed by atoms with Gasteiger partial charge in [-0.05, 0) is 44.4 Å². The van der Waals surface area contributed by atoms with Gasteiger partial charge in [-0.25, -0.2) is 4.98 Å². The van der Waals surface area contributed by atoms with Gasteiger partial charge in [0, 0.05) is 30.8 Å². The Hall–Kier alpha value is -2.62. The van der Waals surface area contributed by atoms with Crippen molar-refractivity contribution in [3.8, 4) is 6.07 Å². The van der Waals surface area contributed by atoms with Gasteiger partial charge in [-0.3, -0.25) is 0 Å². The van der Waals surface area contributed by atoms with Gasteiger partial charge in [0.25, 0.3) is 0 Å². The summed E-state index contributed by atoms with van der Waals surface area (Å²) in [5.41, 5.74) is 3.19. The first-order valence-corrected chi connectivity index (χ1v) is 9.83. The van der Waals surface area contributed by atoms with E-state index in [1.54, 1.807) is 0 Å². The minimum Gasteiger partial charge on any atom is -0.376 e. The molecule has 2 aromatic rings. The smallest absolute Gasteiger partial charge is 0.151 e. The summed E-state index contributed by atoms with van der Waals surface area (Å²) in [6.07, 6.45) is 3.04. The number of anilines is 3. The number of benzene rings is 1. The van der Waals surface area contributed by atoms with Crippen molar-refractivity contribution in [2.24, 2.45) is 0 Å². The van der Waals surface area contributed by atoms with Crippen molar-refractivity contribution in [2.45, 2.75) is 51.4 Å². The number of para-hydroxylation sites is 1. The minimum absolute atomic E-state index is 0.208. The molecule has 1 atom stereocenters. The Kier molecular flexibility index (Phi) is 5.21. The van der Waals surface area contributed by atoms with E-state index in [0.717, 1.165) is 42.1 Å². The van der Waals surface area contributed by atoms with Crippen molar-refractivity contribution >= 4 is 17.3 Å². The number of nitrogens with zero attached hydrogens (tertiary/aromatic N) is 2. The van der Waals surface area contributed by atoms with E-state index < -0.39 is 0 Å². The molecule has 1 aromatic heterocycles. The largest absolute Gasteiger partial charge is 0.376 e. The van der Waals surface area contributed by atoms with E-state index in [-0.39, 0.29) is 11.7 Å². The molecule has 2 N–H and O–H groups in total. The highest BCUT2D eigenvalue weighted by atomic mass is 16.5. The van der Waals surface area contributed by atoms with Crippen molar-refractivity contribution in [2.75, 3.05) is 23.8 Å². The number of hydrogen-bond donors (Lipinski definition) is 2. The third-order valence-electron chi connectivity index (χ3n) is 5.29. The maximum absolute atomic E-state index is 9.90. The summed E-state index contributed by atoms with van der Waals surface area (Å²) in [4.78, 5) is 4.78. The number of ether oxygens (including phenoxy) is 2. The highest BCUT2D eigenvalue weighted by molar-refractivity contribution is 5.70. The van der Waals surface area contributed by atoms with Crippen LogP contribution >= 0.6 is 0 Å². The third kappa shape index (κ3) is 3.96. The lowest BCUT2D eigenvalue weighted by Crippen LogP contribution is -2.33. The van der Waals surface area contributed by atoms with Crippen LogP contribution in [0.4, 0.5) is 17.3 Å². The van der Waals surface area contributed by atoms with Crippen LogP contribution in [0.3, 0.4) is 0 Å². The van der Waals surface area contributed by atoms with Crippen molar-refractivity contribution in [3.05, 3.63) is 47.0 Å². The predicted octanol–water partition coefficient (Wildman–Crippen LogP) is 4.14. The Morgan fingerprint density at radius 3 is 2.75 bits per heavy atom. The van der Waals surface area contributed by atoms with Gasteiger partial charge in [0.15, 0.2) is 5.82 Å². The van der Waals surface area contributed by atoms with E-state index in [1.807, 2.05) is 30.3 Å². The van der Waals surface area contributed by atoms with Crippen LogP contribution in [-0.4, -0.2) is 29.8 Å². The summed E-state index contributed by atoms with van der Waals surface area (Å²) in [7, 11) is 0. The normalized spacial score (nSPS) is 20.2. The van der Waals surface area contributed by atoms with E-state index in [0.29, 0.717) is 31.0 Å². The van der Waals surface area contributed by atoms with E-state index in [4.69, 9.17) is 14.5 Å². The lowest BCUT2D eigenvalue weighted by molar-refractivity contribution is -0.0399. The van der Waals surface area contributed by atoms with Crippen LogP contribution in [0.15, 0.2) is 30.3 Å². The van der Waals surface area contributed by atoms with Gasteiger partial charge in [-0.2, -0.15) is 5.26 Å². The Balaban J connectivity index is 1.72. The number of fused-ring (bicyclic) bond motifs is 1. The maximum Gasteiger partial charge on any atom is 0.151 e. The molecule has 1 saturated heterocycles. The van der Waals surface area contributed by atoms with Gasteiger partial charge in [0.05, 0.1) is 23.9 Å². The molecule has 0 amide bonds. The SMILES string of the molecule is CC1(C)Cc2c(C#N)c(Nc3ccccc3)nc(NCC3CCCO3)c2CO1. The van der Waals surface area contributed by atoms with Crippen molar-refractivity contribution in [1.29, 1.82) is 5.26 Å². The summed E-state index contributed by atoms with van der Waals surface area (Å²) in [5.74, 6) is 1.36. The first-order valence-electron chi connectivity index (χ1n) is 9.83. The molecule has 2 aliphatic rings. The number of pyridine rings is 1. The number of nitrogens with one attached hydrogen (secondary N) is 2. The van der Waals surface area contributed by atoms with E-state index in [9.17, 15) is 5.26 Å². The molecule has 1 aromatic carbocycles. The molecule has 0 spiro atoms. The molecule has 4 rings (SSSR count). The average molecular weight is 378 g/mol. The zero-order valence-electron chi connectivity index (χ0n) is 16.4. The van der Waals surface area contributed by atoms with Gasteiger partial charge in [0.1, 0.15) is 11.9 Å². The topological polar surface area (TPSA) is 79.2 Å². The molecule has 0 aliphatic carbocycles. The average Bonchev–Trinajstić information content (AvgIpc) is 3.20. The highest BCUT2D eigenvalue weighted by Crippen LogP contribution is 2.37. The van der Waals surface area contributed by atoms with Gasteiger partial charge >= 0.3 is 0 Å². The Morgan fingerprint density at radius 2 is 2.04 bits per heavy atom. The van der Waals surface area contributed by atoms with Crippen molar-refractivity contribution in [3.63, 3.8) is 0 Å². The molecule has 0 radical (unpaired) electrons. The van der Waals surface area contributed by atoms with Gasteiger partial charge in [0.2, 0.25) is 0 Å². The van der Waals surface area contributed by atoms with Crippen LogP contribution < -0.4 is 10.6 Å². The molecular formula is C22H26N4O2. The predicted molar refractivity (Wildman–Crippen MR) is 109 cm³/mol. The van der Waals surface area contributed by atoms with Crippen LogP contribution in [0, 0.1) is 11.3 Å². The van der Waals surface area contributed by atoms with Gasteiger partial charge in [-0.15, -0.1) is 0 Å². The number of aromatic nitrogens is 1. The minimum atomic E-state index is -0.310. The number of nitriles is 1. The molecule has 2 aliphatic heterocycles. The van der Waals surface area contributed by atoms with Crippen LogP contribution in [0.1, 0.15) is 43.4 Å². The Morgan fingerprint density at radius 1 is 1.21 bits per heavy atom. The summed E-state index contributed by atoms with van der Waals surface area (Å²) in [6, 6.07) is 12.2. The first kappa shape index (κ1) is 18.7. The lowest BCUT2D eigenvalue weighted by Gasteiger charge is -2.34. The zero-order valence-corrected chi connectivity index (χ0v) is 16.4. The highest BCUT2D eigenvalue weighted by Gasteiger charge is 2.32. The molecule has 6 heteroatoms. The maximum atomic E-state index is 9.90. The second-order valence-corrected chi connectivity index (χ2v) is 7.99. The molecule has 146 valence electrons. The van der Waals surface area contributed by atoms with Crippen LogP contribution in [0.2, 0.25) is 0 Å². The molecule has 1 fully saturated rings. The van der Waals surface area contributed by atoms with E-state index in [2.05, 4.69) is 30.6 Å². The Labute approximate surface area is 165 Å². The fourth-order valence-electron chi connectivity index (χ4n) is 3.80. The number of hydrogen-bond acceptors (Lipinski definition) is 6. The Bertz CT molecular complexity index is 884. The first-order chi connectivity index (χ1) is 13.6. The summed E-state index contributed by atoms with van der Waals surface area (Å²) in [6.45, 7) is 6.09. The molecule has 28 heavy (non-hydrogen) atoms. The van der Waals surface area contributed by atoms with Crippen molar-refractivity contribution < 1.29 is 9.47 Å². The quantitative estimate of drug-likeness (QED) is 0.814. The van der Waals surface area contributed by atoms with E-state index in [1.165, 1.54) is 0 Å². The molecule has 0 saturated carbocycles. The second-order valence-electron chi connectivity index (χ2n) is 7.99. The fourth-order valence-corrected chi connectivity index (χ4v) is 3.80. The molecule has 3 heterocycles. The molecule has 6 nitrogen and oxygen atoms in total. The summed E-state index contributed by atoms with van der Waals surface area (Å²) in [5, 5.41) is 16.7. The lowest BCUT2D eigenvalue weighted by atomic mass is 9.89. The standard InChI is InChI=1S/C22H26N4O2/c1-22(2)11-17-18(12-23)21(25-15-7-4-3-5-8-15)26-20(19(17)14-28-22)24-13-16-9-6-10-27-16/h3-5,7-8,16H,6,9-11,13-14H2,1-2H3,(H2,24,25,26). The van der Waals surface area contributed by atoms with E-state index >= 15 is 0 Å². The van der Waals surface area contributed by atoms with Crippen LogP contribution in [0.25, 0.3) is 0 Å². The van der Waals surface area contributed by atoms with Crippen molar-refractivity contribution in [1.82, 2.24) is 4.98 Å². The zero-order chi connectivity index (χ0) is 19.6. The molecule has 0 bridgehead atoms. The van der Waals surface area contributed by atoms with Gasteiger partial charge < -0.3 is 20.1 Å².